The number of hydrogen-bond donors (Lipinski definition) is 2. The summed E-state index contributed by atoms with van der Waals surface area (Å²) in [6.07, 6.45) is 2.01. The van der Waals surface area contributed by atoms with Crippen molar-refractivity contribution in [3.05, 3.63) is 29.3 Å². The normalized spacial score (nSPS) is 27.4. The van der Waals surface area contributed by atoms with E-state index in [4.69, 9.17) is 10.8 Å². The van der Waals surface area contributed by atoms with Gasteiger partial charge in [-0.1, -0.05) is 17.7 Å². The quantitative estimate of drug-likeness (QED) is 0.882. The lowest BCUT2D eigenvalue weighted by molar-refractivity contribution is -0.143. The van der Waals surface area contributed by atoms with Crippen LogP contribution in [0.4, 0.5) is 0 Å². The van der Waals surface area contributed by atoms with Crippen molar-refractivity contribution in [2.45, 2.75) is 48.8 Å². The van der Waals surface area contributed by atoms with Crippen LogP contribution in [0.3, 0.4) is 0 Å². The van der Waals surface area contributed by atoms with Gasteiger partial charge in [0.1, 0.15) is 5.54 Å². The van der Waals surface area contributed by atoms with E-state index in [2.05, 4.69) is 32.0 Å². The molecular formula is C14H19NO2S. The molecule has 0 saturated heterocycles. The Labute approximate surface area is 112 Å². The van der Waals surface area contributed by atoms with Gasteiger partial charge in [0.05, 0.1) is 0 Å². The number of thioether (sulfide) groups is 1. The predicted octanol–water partition coefficient (Wildman–Crippen LogP) is 2.73. The van der Waals surface area contributed by atoms with Gasteiger partial charge in [0.25, 0.3) is 0 Å². The molecular weight excluding hydrogens is 246 g/mol. The second-order valence-corrected chi connectivity index (χ2v) is 6.56. The molecule has 1 aromatic rings. The number of carboxylic acids is 1. The summed E-state index contributed by atoms with van der Waals surface area (Å²) in [5.74, 6) is -0.869. The zero-order chi connectivity index (χ0) is 13.3. The molecule has 1 aliphatic carbocycles. The zero-order valence-electron chi connectivity index (χ0n) is 10.8. The first-order valence-electron chi connectivity index (χ1n) is 6.17. The third-order valence-electron chi connectivity index (χ3n) is 3.55. The van der Waals surface area contributed by atoms with Crippen molar-refractivity contribution in [3.63, 3.8) is 0 Å². The van der Waals surface area contributed by atoms with E-state index >= 15 is 0 Å². The van der Waals surface area contributed by atoms with Gasteiger partial charge in [-0.25, -0.2) is 0 Å². The van der Waals surface area contributed by atoms with Crippen LogP contribution in [0.5, 0.6) is 0 Å². The van der Waals surface area contributed by atoms with Crippen LogP contribution in [-0.4, -0.2) is 21.9 Å². The maximum Gasteiger partial charge on any atom is 0.323 e. The molecule has 1 aliphatic rings. The molecule has 3 nitrogen and oxygen atoms in total. The van der Waals surface area contributed by atoms with Gasteiger partial charge >= 0.3 is 5.97 Å². The van der Waals surface area contributed by atoms with Crippen molar-refractivity contribution >= 4 is 17.7 Å². The van der Waals surface area contributed by atoms with Gasteiger partial charge in [0.2, 0.25) is 0 Å². The van der Waals surface area contributed by atoms with Crippen LogP contribution in [-0.2, 0) is 4.79 Å². The summed E-state index contributed by atoms with van der Waals surface area (Å²) in [6.45, 7) is 4.17. The summed E-state index contributed by atoms with van der Waals surface area (Å²) in [5, 5.41) is 9.43. The molecule has 1 aromatic carbocycles. The lowest BCUT2D eigenvalue weighted by Crippen LogP contribution is -2.45. The molecule has 98 valence electrons. The van der Waals surface area contributed by atoms with Crippen LogP contribution in [0.25, 0.3) is 0 Å². The average Bonchev–Trinajstić information content (AvgIpc) is 2.66. The number of hydrogen-bond acceptors (Lipinski definition) is 3. The van der Waals surface area contributed by atoms with Crippen molar-refractivity contribution < 1.29 is 9.90 Å². The molecule has 0 spiro atoms. The van der Waals surface area contributed by atoms with Crippen LogP contribution < -0.4 is 5.73 Å². The maximum atomic E-state index is 11.1. The first kappa shape index (κ1) is 13.4. The molecule has 4 heteroatoms. The van der Waals surface area contributed by atoms with E-state index < -0.39 is 11.5 Å². The summed E-state index contributed by atoms with van der Waals surface area (Å²) in [5.41, 5.74) is 7.38. The molecule has 2 unspecified atom stereocenters. The monoisotopic (exact) mass is 265 g/mol. The highest BCUT2D eigenvalue weighted by Crippen LogP contribution is 2.40. The van der Waals surface area contributed by atoms with E-state index in [9.17, 15) is 4.79 Å². The van der Waals surface area contributed by atoms with Gasteiger partial charge in [0.15, 0.2) is 0 Å². The topological polar surface area (TPSA) is 63.3 Å². The highest BCUT2D eigenvalue weighted by Gasteiger charge is 2.42. The molecule has 0 aliphatic heterocycles. The fourth-order valence-electron chi connectivity index (χ4n) is 2.43. The molecule has 1 saturated carbocycles. The number of benzene rings is 1. The third-order valence-corrected chi connectivity index (χ3v) is 5.00. The van der Waals surface area contributed by atoms with Crippen LogP contribution >= 0.6 is 11.8 Å². The Morgan fingerprint density at radius 3 is 2.78 bits per heavy atom. The number of nitrogens with two attached hydrogens (primary N) is 1. The second-order valence-electron chi connectivity index (χ2n) is 5.21. The standard InChI is InChI=1S/C14H19NO2S/c1-9-3-4-12(10(2)7-9)18-11-5-6-14(15,8-11)13(16)17/h3-4,7,11H,5-6,8,15H2,1-2H3,(H,16,17). The first-order chi connectivity index (χ1) is 8.40. The largest absolute Gasteiger partial charge is 0.480 e. The third kappa shape index (κ3) is 2.70. The number of carbonyl (C=O) groups is 1. The number of aliphatic carboxylic acids is 1. The minimum absolute atomic E-state index is 0.313. The summed E-state index contributed by atoms with van der Waals surface area (Å²) < 4.78 is 0. The van der Waals surface area contributed by atoms with E-state index in [0.717, 1.165) is 6.42 Å². The van der Waals surface area contributed by atoms with Crippen molar-refractivity contribution in [1.29, 1.82) is 0 Å². The molecule has 2 atom stereocenters. The Kier molecular flexibility index (Phi) is 3.69. The Balaban J connectivity index is 2.06. The Morgan fingerprint density at radius 1 is 1.50 bits per heavy atom. The second kappa shape index (κ2) is 4.94. The summed E-state index contributed by atoms with van der Waals surface area (Å²) in [7, 11) is 0. The molecule has 0 aromatic heterocycles. The van der Waals surface area contributed by atoms with Crippen molar-refractivity contribution in [1.82, 2.24) is 0 Å². The van der Waals surface area contributed by atoms with E-state index in [1.165, 1.54) is 16.0 Å². The van der Waals surface area contributed by atoms with Gasteiger partial charge < -0.3 is 10.8 Å². The first-order valence-corrected chi connectivity index (χ1v) is 7.05. The van der Waals surface area contributed by atoms with E-state index in [1.54, 1.807) is 11.8 Å². The number of rotatable bonds is 3. The van der Waals surface area contributed by atoms with Gasteiger partial charge in [0, 0.05) is 10.1 Å². The van der Waals surface area contributed by atoms with E-state index in [0.29, 0.717) is 18.1 Å². The van der Waals surface area contributed by atoms with Crippen molar-refractivity contribution in [2.75, 3.05) is 0 Å². The molecule has 3 N–H and O–H groups in total. The Morgan fingerprint density at radius 2 is 2.22 bits per heavy atom. The molecule has 2 rings (SSSR count). The lowest BCUT2D eigenvalue weighted by Gasteiger charge is -2.18. The smallest absolute Gasteiger partial charge is 0.323 e. The SMILES string of the molecule is Cc1ccc(SC2CCC(N)(C(=O)O)C2)c(C)c1. The van der Waals surface area contributed by atoms with Crippen molar-refractivity contribution in [2.24, 2.45) is 5.73 Å². The predicted molar refractivity (Wildman–Crippen MR) is 74.0 cm³/mol. The van der Waals surface area contributed by atoms with Gasteiger partial charge in [-0.15, -0.1) is 11.8 Å². The van der Waals surface area contributed by atoms with Gasteiger partial charge in [-0.3, -0.25) is 4.79 Å². The van der Waals surface area contributed by atoms with E-state index in [1.807, 2.05) is 0 Å². The molecule has 1 fully saturated rings. The van der Waals surface area contributed by atoms with E-state index in [-0.39, 0.29) is 0 Å². The minimum Gasteiger partial charge on any atom is -0.480 e. The maximum absolute atomic E-state index is 11.1. The minimum atomic E-state index is -1.02. The number of carboxylic acid groups (broad SMARTS) is 1. The highest BCUT2D eigenvalue weighted by molar-refractivity contribution is 8.00. The van der Waals surface area contributed by atoms with Gasteiger partial charge in [-0.2, -0.15) is 0 Å². The fraction of sp³-hybridized carbons (Fsp3) is 0.500. The molecule has 0 heterocycles. The van der Waals surface area contributed by atoms with Crippen LogP contribution in [0.1, 0.15) is 30.4 Å². The molecule has 0 amide bonds. The number of aryl methyl sites for hydroxylation is 2. The summed E-state index contributed by atoms with van der Waals surface area (Å²) in [4.78, 5) is 12.3. The van der Waals surface area contributed by atoms with Crippen molar-refractivity contribution in [3.8, 4) is 0 Å². The lowest BCUT2D eigenvalue weighted by atomic mass is 10.0. The summed E-state index contributed by atoms with van der Waals surface area (Å²) in [6, 6.07) is 6.37. The fourth-order valence-corrected chi connectivity index (χ4v) is 3.80. The Hall–Kier alpha value is -1.00. The highest BCUT2D eigenvalue weighted by atomic mass is 32.2. The Bertz CT molecular complexity index is 475. The van der Waals surface area contributed by atoms with Gasteiger partial charge in [-0.05, 0) is 44.7 Å². The summed E-state index contributed by atoms with van der Waals surface area (Å²) >= 11 is 1.76. The van der Waals surface area contributed by atoms with Crippen LogP contribution in [0.15, 0.2) is 23.1 Å². The molecule has 0 bridgehead atoms. The average molecular weight is 265 g/mol. The molecule has 0 radical (unpaired) electrons. The van der Waals surface area contributed by atoms with Crippen LogP contribution in [0.2, 0.25) is 0 Å². The zero-order valence-corrected chi connectivity index (χ0v) is 11.6. The van der Waals surface area contributed by atoms with Crippen LogP contribution in [0, 0.1) is 13.8 Å². The molecule has 18 heavy (non-hydrogen) atoms.